The monoisotopic (exact) mass is 245 g/mol. The van der Waals surface area contributed by atoms with Crippen molar-refractivity contribution in [2.75, 3.05) is 0 Å². The smallest absolute Gasteiger partial charge is 0.126 e. The maximum Gasteiger partial charge on any atom is 0.126 e. The van der Waals surface area contributed by atoms with Gasteiger partial charge in [-0.2, -0.15) is 11.3 Å². The van der Waals surface area contributed by atoms with Gasteiger partial charge in [0.25, 0.3) is 0 Å². The lowest BCUT2D eigenvalue weighted by molar-refractivity contribution is 0.162. The molecule has 0 aliphatic carbocycles. The molecule has 88 valence electrons. The van der Waals surface area contributed by atoms with Crippen LogP contribution in [0.25, 0.3) is 0 Å². The van der Waals surface area contributed by atoms with Crippen LogP contribution in [0.15, 0.2) is 35.0 Å². The van der Waals surface area contributed by atoms with Gasteiger partial charge in [0, 0.05) is 23.6 Å². The molecule has 0 fully saturated rings. The molecule has 1 unspecified atom stereocenters. The Labute approximate surface area is 105 Å². The second kappa shape index (κ2) is 4.17. The number of aryl methyl sites for hydroxylation is 1. The van der Waals surface area contributed by atoms with Gasteiger partial charge in [-0.05, 0) is 29.8 Å². The van der Waals surface area contributed by atoms with Crippen LogP contribution in [0.5, 0.6) is 5.75 Å². The second-order valence-corrected chi connectivity index (χ2v) is 5.33. The maximum atomic E-state index is 6.24. The largest absolute Gasteiger partial charge is 0.485 e. The highest BCUT2D eigenvalue weighted by Crippen LogP contribution is 2.40. The topological polar surface area (TPSA) is 35.2 Å². The van der Waals surface area contributed by atoms with E-state index in [0.29, 0.717) is 0 Å². The lowest BCUT2D eigenvalue weighted by Gasteiger charge is -2.30. The summed E-state index contributed by atoms with van der Waals surface area (Å²) in [5.41, 5.74) is 9.84. The molecule has 0 bridgehead atoms. The number of ether oxygens (including phenoxy) is 1. The first kappa shape index (κ1) is 10.8. The van der Waals surface area contributed by atoms with Crippen LogP contribution < -0.4 is 10.5 Å². The van der Waals surface area contributed by atoms with Crippen molar-refractivity contribution >= 4 is 11.3 Å². The van der Waals surface area contributed by atoms with E-state index in [2.05, 4.69) is 35.9 Å². The first-order valence-electron chi connectivity index (χ1n) is 5.79. The summed E-state index contributed by atoms with van der Waals surface area (Å²) >= 11 is 1.70. The molecule has 2 heterocycles. The van der Waals surface area contributed by atoms with Crippen LogP contribution in [-0.4, -0.2) is 0 Å². The first-order chi connectivity index (χ1) is 8.24. The summed E-state index contributed by atoms with van der Waals surface area (Å²) in [7, 11) is 0. The Morgan fingerprint density at radius 3 is 3.00 bits per heavy atom. The lowest BCUT2D eigenvalue weighted by atomic mass is 9.94. The van der Waals surface area contributed by atoms with E-state index in [4.69, 9.17) is 10.5 Å². The van der Waals surface area contributed by atoms with Crippen LogP contribution in [0.3, 0.4) is 0 Å². The quantitative estimate of drug-likeness (QED) is 0.833. The molecule has 1 aromatic carbocycles. The summed E-state index contributed by atoms with van der Waals surface area (Å²) in [6, 6.07) is 8.42. The van der Waals surface area contributed by atoms with E-state index in [1.807, 2.05) is 6.07 Å². The molecular formula is C14H15NOS. The summed E-state index contributed by atoms with van der Waals surface area (Å²) < 4.78 is 6.03. The zero-order chi connectivity index (χ0) is 11.8. The normalized spacial score (nSPS) is 22.9. The average molecular weight is 245 g/mol. The second-order valence-electron chi connectivity index (χ2n) is 4.55. The number of rotatable bonds is 1. The summed E-state index contributed by atoms with van der Waals surface area (Å²) in [5.74, 6) is 0.936. The van der Waals surface area contributed by atoms with Crippen molar-refractivity contribution in [2.45, 2.75) is 25.5 Å². The van der Waals surface area contributed by atoms with Gasteiger partial charge in [-0.15, -0.1) is 0 Å². The van der Waals surface area contributed by atoms with E-state index in [1.54, 1.807) is 11.3 Å². The van der Waals surface area contributed by atoms with Crippen molar-refractivity contribution in [2.24, 2.45) is 5.73 Å². The molecule has 3 rings (SSSR count). The van der Waals surface area contributed by atoms with Crippen molar-refractivity contribution in [3.8, 4) is 5.75 Å². The van der Waals surface area contributed by atoms with Crippen LogP contribution >= 0.6 is 11.3 Å². The highest BCUT2D eigenvalue weighted by Gasteiger charge is 2.27. The van der Waals surface area contributed by atoms with Gasteiger partial charge in [0.15, 0.2) is 0 Å². The van der Waals surface area contributed by atoms with Crippen LogP contribution in [0.4, 0.5) is 0 Å². The molecule has 0 spiro atoms. The molecule has 2 nitrogen and oxygen atoms in total. The van der Waals surface area contributed by atoms with E-state index >= 15 is 0 Å². The molecule has 3 heteroatoms. The highest BCUT2D eigenvalue weighted by molar-refractivity contribution is 7.07. The molecule has 17 heavy (non-hydrogen) atoms. The fourth-order valence-corrected chi connectivity index (χ4v) is 2.99. The third-order valence-corrected chi connectivity index (χ3v) is 3.92. The number of fused-ring (bicyclic) bond motifs is 1. The zero-order valence-corrected chi connectivity index (χ0v) is 10.5. The zero-order valence-electron chi connectivity index (χ0n) is 9.72. The Morgan fingerprint density at radius 1 is 1.35 bits per heavy atom. The Hall–Kier alpha value is -1.32. The molecule has 0 saturated heterocycles. The molecule has 0 radical (unpaired) electrons. The van der Waals surface area contributed by atoms with Crippen molar-refractivity contribution < 1.29 is 4.74 Å². The summed E-state index contributed by atoms with van der Waals surface area (Å²) in [6.45, 7) is 2.08. The first-order valence-corrected chi connectivity index (χ1v) is 6.73. The minimum atomic E-state index is 0.0727. The summed E-state index contributed by atoms with van der Waals surface area (Å²) in [5, 5.41) is 4.21. The van der Waals surface area contributed by atoms with Crippen LogP contribution in [0, 0.1) is 6.92 Å². The van der Waals surface area contributed by atoms with Gasteiger partial charge in [0.05, 0.1) is 0 Å². The maximum absolute atomic E-state index is 6.24. The van der Waals surface area contributed by atoms with Gasteiger partial charge in [0.2, 0.25) is 0 Å². The Balaban J connectivity index is 1.96. The van der Waals surface area contributed by atoms with Gasteiger partial charge < -0.3 is 10.5 Å². The average Bonchev–Trinajstić information content (AvgIpc) is 2.83. The molecule has 2 aromatic rings. The predicted octanol–water partition coefficient (Wildman–Crippen LogP) is 3.58. The Kier molecular flexibility index (Phi) is 2.65. The van der Waals surface area contributed by atoms with Gasteiger partial charge in [0.1, 0.15) is 11.9 Å². The molecule has 1 aromatic heterocycles. The van der Waals surface area contributed by atoms with E-state index in [9.17, 15) is 0 Å². The summed E-state index contributed by atoms with van der Waals surface area (Å²) in [4.78, 5) is 0. The standard InChI is InChI=1S/C14H15NOS/c1-9-2-3-13-11(6-9)12(15)7-14(16-13)10-4-5-17-8-10/h2-6,8,12,14H,7,15H2,1H3/t12-,14?/m0/s1. The predicted molar refractivity (Wildman–Crippen MR) is 70.4 cm³/mol. The molecule has 1 aliphatic heterocycles. The molecule has 1 aliphatic rings. The van der Waals surface area contributed by atoms with Crippen LogP contribution in [0.2, 0.25) is 0 Å². The fourth-order valence-electron chi connectivity index (χ4n) is 2.29. The number of benzene rings is 1. The van der Waals surface area contributed by atoms with Gasteiger partial charge in [-0.1, -0.05) is 17.7 Å². The lowest BCUT2D eigenvalue weighted by Crippen LogP contribution is -2.23. The molecule has 2 N–H and O–H groups in total. The van der Waals surface area contributed by atoms with E-state index in [-0.39, 0.29) is 12.1 Å². The van der Waals surface area contributed by atoms with E-state index in [1.165, 1.54) is 11.1 Å². The third-order valence-electron chi connectivity index (χ3n) is 3.22. The molecule has 0 saturated carbocycles. The minimum absolute atomic E-state index is 0.0727. The Morgan fingerprint density at radius 2 is 2.24 bits per heavy atom. The van der Waals surface area contributed by atoms with Gasteiger partial charge in [-0.3, -0.25) is 0 Å². The molecule has 0 amide bonds. The third kappa shape index (κ3) is 1.96. The minimum Gasteiger partial charge on any atom is -0.485 e. The number of hydrogen-bond acceptors (Lipinski definition) is 3. The van der Waals surface area contributed by atoms with E-state index in [0.717, 1.165) is 17.7 Å². The SMILES string of the molecule is Cc1ccc2c(c1)[C@@H](N)CC(c1ccsc1)O2. The van der Waals surface area contributed by atoms with Crippen molar-refractivity contribution in [1.29, 1.82) is 0 Å². The van der Waals surface area contributed by atoms with Crippen molar-refractivity contribution in [1.82, 2.24) is 0 Å². The fraction of sp³-hybridized carbons (Fsp3) is 0.286. The Bertz CT molecular complexity index is 521. The van der Waals surface area contributed by atoms with E-state index < -0.39 is 0 Å². The van der Waals surface area contributed by atoms with Gasteiger partial charge >= 0.3 is 0 Å². The number of hydrogen-bond donors (Lipinski definition) is 1. The van der Waals surface area contributed by atoms with Crippen molar-refractivity contribution in [3.05, 3.63) is 51.7 Å². The number of nitrogens with two attached hydrogens (primary N) is 1. The summed E-state index contributed by atoms with van der Waals surface area (Å²) in [6.07, 6.45) is 0.958. The van der Waals surface area contributed by atoms with Crippen LogP contribution in [-0.2, 0) is 0 Å². The van der Waals surface area contributed by atoms with Gasteiger partial charge in [-0.25, -0.2) is 0 Å². The molecular weight excluding hydrogens is 230 g/mol. The number of thiophene rings is 1. The molecule has 2 atom stereocenters. The van der Waals surface area contributed by atoms with Crippen molar-refractivity contribution in [3.63, 3.8) is 0 Å². The van der Waals surface area contributed by atoms with Crippen LogP contribution in [0.1, 0.15) is 35.3 Å². The highest BCUT2D eigenvalue weighted by atomic mass is 32.1.